The van der Waals surface area contributed by atoms with E-state index in [1.54, 1.807) is 13.8 Å². The van der Waals surface area contributed by atoms with Gasteiger partial charge in [0.25, 0.3) is 0 Å². The Morgan fingerprint density at radius 1 is 1.12 bits per heavy atom. The molecule has 4 heteroatoms. The molecule has 0 aliphatic heterocycles. The maximum Gasteiger partial charge on any atom is 0.152 e. The molecule has 0 radical (unpaired) electrons. The van der Waals surface area contributed by atoms with Gasteiger partial charge in [-0.3, -0.25) is 0 Å². The van der Waals surface area contributed by atoms with Crippen molar-refractivity contribution in [1.82, 2.24) is 5.32 Å². The normalized spacial score (nSPS) is 14.2. The Morgan fingerprint density at radius 3 is 2.24 bits per heavy atom. The first-order valence-electron chi connectivity index (χ1n) is 6.89. The summed E-state index contributed by atoms with van der Waals surface area (Å²) in [7, 11) is -2.84. The summed E-state index contributed by atoms with van der Waals surface area (Å²) in [6.45, 7) is 8.91. The van der Waals surface area contributed by atoms with Gasteiger partial charge in [0.15, 0.2) is 9.84 Å². The fourth-order valence-electron chi connectivity index (χ4n) is 1.73. The molecule has 1 N–H and O–H groups in total. The van der Waals surface area contributed by atoms with E-state index in [1.165, 1.54) is 0 Å². The van der Waals surface area contributed by atoms with E-state index in [0.29, 0.717) is 11.8 Å². The SMILES string of the molecule is CCCNC(CC)CCCCS(=O)(=O)C(C)C. The van der Waals surface area contributed by atoms with Crippen LogP contribution < -0.4 is 5.32 Å². The van der Waals surface area contributed by atoms with Gasteiger partial charge in [0, 0.05) is 6.04 Å². The van der Waals surface area contributed by atoms with E-state index in [2.05, 4.69) is 19.2 Å². The largest absolute Gasteiger partial charge is 0.314 e. The van der Waals surface area contributed by atoms with Crippen LogP contribution in [-0.4, -0.2) is 32.0 Å². The smallest absolute Gasteiger partial charge is 0.152 e. The maximum atomic E-state index is 11.6. The molecule has 0 aromatic carbocycles. The van der Waals surface area contributed by atoms with Gasteiger partial charge in [-0.05, 0) is 46.1 Å². The topological polar surface area (TPSA) is 46.2 Å². The van der Waals surface area contributed by atoms with E-state index in [4.69, 9.17) is 0 Å². The monoisotopic (exact) mass is 263 g/mol. The Kier molecular flexibility index (Phi) is 8.88. The lowest BCUT2D eigenvalue weighted by atomic mass is 10.1. The van der Waals surface area contributed by atoms with Gasteiger partial charge in [-0.2, -0.15) is 0 Å². The number of nitrogens with one attached hydrogen (secondary N) is 1. The number of sulfone groups is 1. The van der Waals surface area contributed by atoms with Gasteiger partial charge in [0.2, 0.25) is 0 Å². The summed E-state index contributed by atoms with van der Waals surface area (Å²) in [6, 6.07) is 0.553. The van der Waals surface area contributed by atoms with E-state index in [1.807, 2.05) is 0 Å². The van der Waals surface area contributed by atoms with Gasteiger partial charge in [-0.15, -0.1) is 0 Å². The highest BCUT2D eigenvalue weighted by Gasteiger charge is 2.15. The molecule has 1 atom stereocenters. The van der Waals surface area contributed by atoms with Crippen LogP contribution in [0.25, 0.3) is 0 Å². The lowest BCUT2D eigenvalue weighted by molar-refractivity contribution is 0.453. The second kappa shape index (κ2) is 8.92. The Bertz CT molecular complexity index is 273. The zero-order chi connectivity index (χ0) is 13.3. The van der Waals surface area contributed by atoms with E-state index in [0.717, 1.165) is 38.6 Å². The minimum Gasteiger partial charge on any atom is -0.314 e. The van der Waals surface area contributed by atoms with Crippen molar-refractivity contribution in [1.29, 1.82) is 0 Å². The zero-order valence-corrected chi connectivity index (χ0v) is 12.6. The second-order valence-corrected chi connectivity index (χ2v) is 7.65. The number of unbranched alkanes of at least 4 members (excludes halogenated alkanes) is 1. The standard InChI is InChI=1S/C13H29NO2S/c1-5-10-14-13(6-2)9-7-8-11-17(15,16)12(3)4/h12-14H,5-11H2,1-4H3. The number of hydrogen-bond donors (Lipinski definition) is 1. The summed E-state index contributed by atoms with van der Waals surface area (Å²) in [6.07, 6.45) is 5.16. The first-order valence-corrected chi connectivity index (χ1v) is 8.60. The summed E-state index contributed by atoms with van der Waals surface area (Å²) < 4.78 is 23.2. The molecular weight excluding hydrogens is 234 g/mol. The van der Waals surface area contributed by atoms with Crippen LogP contribution in [0.3, 0.4) is 0 Å². The van der Waals surface area contributed by atoms with Crippen molar-refractivity contribution < 1.29 is 8.42 Å². The second-order valence-electron chi connectivity index (χ2n) is 4.97. The molecule has 0 spiro atoms. The third kappa shape index (κ3) is 7.77. The summed E-state index contributed by atoms with van der Waals surface area (Å²) >= 11 is 0. The average Bonchev–Trinajstić information content (AvgIpc) is 2.28. The van der Waals surface area contributed by atoms with Gasteiger partial charge in [0.1, 0.15) is 0 Å². The van der Waals surface area contributed by atoms with Crippen LogP contribution >= 0.6 is 0 Å². The number of hydrogen-bond acceptors (Lipinski definition) is 3. The summed E-state index contributed by atoms with van der Waals surface area (Å²) in [5, 5.41) is 3.26. The Labute approximate surface area is 107 Å². The van der Waals surface area contributed by atoms with Crippen molar-refractivity contribution in [2.75, 3.05) is 12.3 Å². The molecule has 0 bridgehead atoms. The highest BCUT2D eigenvalue weighted by Crippen LogP contribution is 2.09. The predicted octanol–water partition coefficient (Wildman–Crippen LogP) is 2.76. The fourth-order valence-corrected chi connectivity index (χ4v) is 2.81. The minimum absolute atomic E-state index is 0.234. The Hall–Kier alpha value is -0.0900. The quantitative estimate of drug-likeness (QED) is 0.616. The molecule has 0 saturated heterocycles. The van der Waals surface area contributed by atoms with Gasteiger partial charge in [-0.1, -0.05) is 20.3 Å². The lowest BCUT2D eigenvalue weighted by Crippen LogP contribution is -2.29. The molecule has 0 aromatic rings. The van der Waals surface area contributed by atoms with Crippen LogP contribution in [-0.2, 0) is 9.84 Å². The van der Waals surface area contributed by atoms with E-state index < -0.39 is 9.84 Å². The summed E-state index contributed by atoms with van der Waals surface area (Å²) in [5.41, 5.74) is 0. The van der Waals surface area contributed by atoms with E-state index in [-0.39, 0.29) is 5.25 Å². The van der Waals surface area contributed by atoms with Gasteiger partial charge < -0.3 is 5.32 Å². The zero-order valence-electron chi connectivity index (χ0n) is 11.8. The van der Waals surface area contributed by atoms with Crippen LogP contribution in [0, 0.1) is 0 Å². The molecule has 104 valence electrons. The van der Waals surface area contributed by atoms with Crippen LogP contribution in [0.4, 0.5) is 0 Å². The van der Waals surface area contributed by atoms with Crippen molar-refractivity contribution in [3.05, 3.63) is 0 Å². The predicted molar refractivity (Wildman–Crippen MR) is 75.1 cm³/mol. The highest BCUT2D eigenvalue weighted by atomic mass is 32.2. The van der Waals surface area contributed by atoms with Crippen LogP contribution in [0.5, 0.6) is 0 Å². The molecule has 17 heavy (non-hydrogen) atoms. The first kappa shape index (κ1) is 16.9. The molecule has 0 aliphatic rings. The molecule has 0 saturated carbocycles. The van der Waals surface area contributed by atoms with Crippen LogP contribution in [0.1, 0.15) is 59.8 Å². The van der Waals surface area contributed by atoms with Gasteiger partial charge in [-0.25, -0.2) is 8.42 Å². The molecule has 3 nitrogen and oxygen atoms in total. The molecule has 0 heterocycles. The summed E-state index contributed by atoms with van der Waals surface area (Å²) in [4.78, 5) is 0. The van der Waals surface area contributed by atoms with E-state index in [9.17, 15) is 8.42 Å². The van der Waals surface area contributed by atoms with Gasteiger partial charge in [0.05, 0.1) is 11.0 Å². The highest BCUT2D eigenvalue weighted by molar-refractivity contribution is 7.91. The van der Waals surface area contributed by atoms with Crippen LogP contribution in [0.2, 0.25) is 0 Å². The van der Waals surface area contributed by atoms with Crippen molar-refractivity contribution in [3.63, 3.8) is 0 Å². The molecule has 0 fully saturated rings. The van der Waals surface area contributed by atoms with Crippen molar-refractivity contribution >= 4 is 9.84 Å². The summed E-state index contributed by atoms with van der Waals surface area (Å²) in [5.74, 6) is 0.342. The van der Waals surface area contributed by atoms with Crippen LogP contribution in [0.15, 0.2) is 0 Å². The minimum atomic E-state index is -2.84. The van der Waals surface area contributed by atoms with Gasteiger partial charge >= 0.3 is 0 Å². The molecular formula is C13H29NO2S. The Morgan fingerprint density at radius 2 is 1.76 bits per heavy atom. The molecule has 0 aliphatic carbocycles. The molecule has 0 rings (SSSR count). The third-order valence-corrected chi connectivity index (χ3v) is 5.42. The fraction of sp³-hybridized carbons (Fsp3) is 1.00. The van der Waals surface area contributed by atoms with Crippen molar-refractivity contribution in [2.24, 2.45) is 0 Å². The van der Waals surface area contributed by atoms with Crippen molar-refractivity contribution in [2.45, 2.75) is 71.1 Å². The third-order valence-electron chi connectivity index (χ3n) is 3.13. The molecule has 0 amide bonds. The Balaban J connectivity index is 3.75. The maximum absolute atomic E-state index is 11.6. The number of rotatable bonds is 10. The first-order chi connectivity index (χ1) is 7.94. The van der Waals surface area contributed by atoms with E-state index >= 15 is 0 Å². The molecule has 0 aromatic heterocycles. The molecule has 1 unspecified atom stereocenters. The average molecular weight is 263 g/mol. The van der Waals surface area contributed by atoms with Crippen molar-refractivity contribution in [3.8, 4) is 0 Å². The lowest BCUT2D eigenvalue weighted by Gasteiger charge is -2.16.